The van der Waals surface area contributed by atoms with Crippen LogP contribution in [0.3, 0.4) is 0 Å². The molecule has 8 heteroatoms. The summed E-state index contributed by atoms with van der Waals surface area (Å²) in [5.41, 5.74) is 9.13. The van der Waals surface area contributed by atoms with Gasteiger partial charge < -0.3 is 24.8 Å². The second-order valence-corrected chi connectivity index (χ2v) is 10.1. The predicted molar refractivity (Wildman–Crippen MR) is 161 cm³/mol. The Balaban J connectivity index is 1.54. The SMILES string of the molecule is C=CC(=O)Nc1ccc(-c2c3c4c(ncc(N(C)C)c4n2C)NCc2cc(Oc4cccc(C)n4)ccc2-3)cc1. The van der Waals surface area contributed by atoms with Gasteiger partial charge >= 0.3 is 0 Å². The van der Waals surface area contributed by atoms with Crippen molar-refractivity contribution < 1.29 is 9.53 Å². The zero-order valence-electron chi connectivity index (χ0n) is 22.9. The minimum Gasteiger partial charge on any atom is -0.439 e. The monoisotopic (exact) mass is 530 g/mol. The highest BCUT2D eigenvalue weighted by atomic mass is 16.5. The minimum atomic E-state index is -0.242. The van der Waals surface area contributed by atoms with E-state index in [4.69, 9.17) is 9.72 Å². The van der Waals surface area contributed by atoms with Gasteiger partial charge in [-0.05, 0) is 60.0 Å². The minimum absolute atomic E-state index is 0.242. The summed E-state index contributed by atoms with van der Waals surface area (Å²) < 4.78 is 8.37. The third-order valence-corrected chi connectivity index (χ3v) is 7.16. The smallest absolute Gasteiger partial charge is 0.247 e. The number of carbonyl (C=O) groups excluding carboxylic acids is 1. The first-order valence-corrected chi connectivity index (χ1v) is 13.0. The second-order valence-electron chi connectivity index (χ2n) is 10.1. The molecule has 0 fully saturated rings. The van der Waals surface area contributed by atoms with Crippen molar-refractivity contribution in [2.45, 2.75) is 13.5 Å². The zero-order valence-corrected chi connectivity index (χ0v) is 22.9. The number of hydrogen-bond acceptors (Lipinski definition) is 6. The van der Waals surface area contributed by atoms with Crippen LogP contribution in [0.15, 0.2) is 79.5 Å². The van der Waals surface area contributed by atoms with E-state index < -0.39 is 0 Å². The summed E-state index contributed by atoms with van der Waals surface area (Å²) in [6.45, 7) is 6.08. The molecule has 4 heterocycles. The number of nitrogens with zero attached hydrogens (tertiary/aromatic N) is 4. The molecule has 0 unspecified atom stereocenters. The lowest BCUT2D eigenvalue weighted by molar-refractivity contribution is -0.111. The molecule has 0 atom stereocenters. The summed E-state index contributed by atoms with van der Waals surface area (Å²) >= 11 is 0. The van der Waals surface area contributed by atoms with Gasteiger partial charge in [-0.3, -0.25) is 4.79 Å². The first-order chi connectivity index (χ1) is 19.3. The van der Waals surface area contributed by atoms with Gasteiger partial charge in [-0.2, -0.15) is 0 Å². The number of nitrogens with one attached hydrogen (secondary N) is 2. The highest BCUT2D eigenvalue weighted by Gasteiger charge is 2.28. The number of hydrogen-bond donors (Lipinski definition) is 2. The summed E-state index contributed by atoms with van der Waals surface area (Å²) in [6.07, 6.45) is 3.18. The lowest BCUT2D eigenvalue weighted by Gasteiger charge is -2.17. The van der Waals surface area contributed by atoms with Crippen LogP contribution in [0.1, 0.15) is 11.3 Å². The Hall–Kier alpha value is -5.11. The molecule has 0 spiro atoms. The van der Waals surface area contributed by atoms with E-state index in [1.165, 1.54) is 6.08 Å². The Morgan fingerprint density at radius 1 is 1.15 bits per heavy atom. The Morgan fingerprint density at radius 3 is 2.67 bits per heavy atom. The van der Waals surface area contributed by atoms with Gasteiger partial charge in [0.1, 0.15) is 11.6 Å². The number of aromatic nitrogens is 3. The van der Waals surface area contributed by atoms with Gasteiger partial charge in [0, 0.05) is 50.7 Å². The first-order valence-electron chi connectivity index (χ1n) is 13.0. The third-order valence-electron chi connectivity index (χ3n) is 7.16. The number of aryl methyl sites for hydroxylation is 2. The molecule has 1 amide bonds. The fraction of sp³-hybridized carbons (Fsp3) is 0.156. The quantitative estimate of drug-likeness (QED) is 0.243. The van der Waals surface area contributed by atoms with Gasteiger partial charge in [-0.25, -0.2) is 9.97 Å². The number of rotatable bonds is 6. The average molecular weight is 531 g/mol. The average Bonchev–Trinajstić information content (AvgIpc) is 3.15. The molecule has 2 N–H and O–H groups in total. The molecular formula is C32H30N6O2. The molecule has 0 saturated carbocycles. The molecule has 0 bridgehead atoms. The Bertz CT molecular complexity index is 1790. The molecular weight excluding hydrogens is 500 g/mol. The van der Waals surface area contributed by atoms with Crippen molar-refractivity contribution in [2.24, 2.45) is 7.05 Å². The molecule has 0 radical (unpaired) electrons. The summed E-state index contributed by atoms with van der Waals surface area (Å²) in [5, 5.41) is 7.47. The third kappa shape index (κ3) is 4.33. The van der Waals surface area contributed by atoms with Gasteiger partial charge in [-0.1, -0.05) is 30.8 Å². The van der Waals surface area contributed by atoms with Crippen LogP contribution in [-0.4, -0.2) is 34.5 Å². The van der Waals surface area contributed by atoms with E-state index in [2.05, 4.69) is 50.8 Å². The number of fused-ring (bicyclic) bond motifs is 2. The van der Waals surface area contributed by atoms with Crippen molar-refractivity contribution in [3.63, 3.8) is 0 Å². The van der Waals surface area contributed by atoms with Gasteiger partial charge in [-0.15, -0.1) is 0 Å². The molecule has 40 heavy (non-hydrogen) atoms. The molecule has 0 aliphatic carbocycles. The van der Waals surface area contributed by atoms with Crippen LogP contribution in [0, 0.1) is 6.92 Å². The zero-order chi connectivity index (χ0) is 28.0. The number of benzene rings is 2. The first kappa shape index (κ1) is 25.2. The van der Waals surface area contributed by atoms with Crippen LogP contribution < -0.4 is 20.3 Å². The van der Waals surface area contributed by atoms with E-state index in [-0.39, 0.29) is 5.91 Å². The predicted octanol–water partition coefficient (Wildman–Crippen LogP) is 6.52. The largest absolute Gasteiger partial charge is 0.439 e. The molecule has 8 nitrogen and oxygen atoms in total. The van der Waals surface area contributed by atoms with E-state index in [1.807, 2.05) is 75.7 Å². The summed E-state index contributed by atoms with van der Waals surface area (Å²) in [6, 6.07) is 19.8. The highest BCUT2D eigenvalue weighted by molar-refractivity contribution is 6.14. The number of ether oxygens (including phenoxy) is 1. The van der Waals surface area contributed by atoms with Crippen molar-refractivity contribution in [1.82, 2.24) is 14.5 Å². The van der Waals surface area contributed by atoms with E-state index in [0.717, 1.165) is 61.8 Å². The summed E-state index contributed by atoms with van der Waals surface area (Å²) in [5.74, 6) is 1.89. The van der Waals surface area contributed by atoms with Crippen molar-refractivity contribution >= 4 is 34.0 Å². The molecule has 2 aromatic carbocycles. The van der Waals surface area contributed by atoms with E-state index in [1.54, 1.807) is 0 Å². The van der Waals surface area contributed by atoms with E-state index in [9.17, 15) is 4.79 Å². The van der Waals surface area contributed by atoms with Gasteiger partial charge in [0.05, 0.1) is 28.5 Å². The van der Waals surface area contributed by atoms with Crippen molar-refractivity contribution in [3.05, 3.63) is 90.8 Å². The Morgan fingerprint density at radius 2 is 1.95 bits per heavy atom. The molecule has 3 aromatic heterocycles. The molecule has 200 valence electrons. The molecule has 0 saturated heterocycles. The Kier molecular flexibility index (Phi) is 6.23. The number of pyridine rings is 2. The van der Waals surface area contributed by atoms with Gasteiger partial charge in [0.2, 0.25) is 11.8 Å². The summed E-state index contributed by atoms with van der Waals surface area (Å²) in [7, 11) is 6.15. The van der Waals surface area contributed by atoms with Crippen molar-refractivity contribution in [1.29, 1.82) is 0 Å². The maximum atomic E-state index is 11.8. The fourth-order valence-electron chi connectivity index (χ4n) is 5.33. The van der Waals surface area contributed by atoms with Crippen LogP contribution in [0.25, 0.3) is 33.3 Å². The van der Waals surface area contributed by atoms with E-state index >= 15 is 0 Å². The maximum Gasteiger partial charge on any atom is 0.247 e. The Labute approximate surface area is 233 Å². The van der Waals surface area contributed by atoms with E-state index in [0.29, 0.717) is 18.1 Å². The maximum absolute atomic E-state index is 11.8. The fourth-order valence-corrected chi connectivity index (χ4v) is 5.33. The molecule has 6 rings (SSSR count). The second kappa shape index (κ2) is 9.89. The van der Waals surface area contributed by atoms with Crippen LogP contribution in [0.2, 0.25) is 0 Å². The van der Waals surface area contributed by atoms with Crippen LogP contribution >= 0.6 is 0 Å². The van der Waals surface area contributed by atoms with Crippen LogP contribution in [0.5, 0.6) is 11.6 Å². The normalized spacial score (nSPS) is 11.8. The molecule has 1 aliphatic heterocycles. The highest BCUT2D eigenvalue weighted by Crippen LogP contribution is 2.48. The number of anilines is 3. The standard InChI is InChI=1S/C32H30N6O2/c1-6-26(39)36-22-12-10-20(11-13-22)30-28-24-15-14-23(40-27-9-7-8-19(2)35-27)16-21(24)17-33-32-29(28)31(38(30)5)25(18-34-32)37(3)4/h6-16,18H,1,17H2,2-5H3,(H,33,34)(H,36,39). The van der Waals surface area contributed by atoms with Gasteiger partial charge in [0.15, 0.2) is 0 Å². The van der Waals surface area contributed by atoms with Crippen molar-refractivity contribution in [3.8, 4) is 34.0 Å². The lowest BCUT2D eigenvalue weighted by Crippen LogP contribution is -2.12. The topological polar surface area (TPSA) is 84.3 Å². The molecule has 5 aromatic rings. The van der Waals surface area contributed by atoms with Crippen molar-refractivity contribution in [2.75, 3.05) is 29.6 Å². The van der Waals surface area contributed by atoms with Gasteiger partial charge in [0.25, 0.3) is 0 Å². The number of amides is 1. The molecule has 1 aliphatic rings. The summed E-state index contributed by atoms with van der Waals surface area (Å²) in [4.78, 5) is 23.2. The lowest BCUT2D eigenvalue weighted by atomic mass is 9.95. The van der Waals surface area contributed by atoms with Crippen LogP contribution in [-0.2, 0) is 18.4 Å². The van der Waals surface area contributed by atoms with Crippen LogP contribution in [0.4, 0.5) is 17.2 Å². The number of carbonyl (C=O) groups is 1.